The van der Waals surface area contributed by atoms with Gasteiger partial charge in [-0.1, -0.05) is 12.1 Å². The molecule has 3 rings (SSSR count). The zero-order valence-corrected chi connectivity index (χ0v) is 13.8. The van der Waals surface area contributed by atoms with E-state index in [0.717, 1.165) is 30.9 Å². The molecule has 2 N–H and O–H groups in total. The molecular weight excluding hydrogens is 328 g/mol. The number of nitrogens with one attached hydrogen (secondary N) is 1. The zero-order valence-electron chi connectivity index (χ0n) is 13.0. The minimum Gasteiger partial charge on any atom is -0.481 e. The summed E-state index contributed by atoms with van der Waals surface area (Å²) in [4.78, 5) is 28.4. The Hall–Kier alpha value is -2.25. The van der Waals surface area contributed by atoms with Gasteiger partial charge in [-0.15, -0.1) is 11.3 Å². The number of nitrogens with zero attached hydrogens (tertiary/aromatic N) is 1. The maximum atomic E-state index is 12.3. The molecule has 0 spiro atoms. The number of anilines is 1. The summed E-state index contributed by atoms with van der Waals surface area (Å²) in [6, 6.07) is 6.62. The highest BCUT2D eigenvalue weighted by Gasteiger charge is 2.18. The monoisotopic (exact) mass is 346 g/mol. The van der Waals surface area contributed by atoms with E-state index in [-0.39, 0.29) is 12.3 Å². The van der Waals surface area contributed by atoms with Crippen molar-refractivity contribution in [2.45, 2.75) is 19.3 Å². The smallest absolute Gasteiger partial charge is 0.307 e. The number of rotatable bonds is 6. The van der Waals surface area contributed by atoms with Crippen LogP contribution in [0.4, 0.5) is 5.13 Å². The summed E-state index contributed by atoms with van der Waals surface area (Å²) in [5.41, 5.74) is 1.02. The van der Waals surface area contributed by atoms with Crippen LogP contribution >= 0.6 is 11.3 Å². The minimum absolute atomic E-state index is 0.105. The number of aromatic nitrogens is 1. The number of carbonyl (C=O) groups is 2. The van der Waals surface area contributed by atoms with Crippen molar-refractivity contribution in [3.05, 3.63) is 46.5 Å². The van der Waals surface area contributed by atoms with Crippen LogP contribution in [0.25, 0.3) is 0 Å². The molecule has 0 aliphatic carbocycles. The lowest BCUT2D eigenvalue weighted by Crippen LogP contribution is -2.12. The first kappa shape index (κ1) is 16.6. The average molecular weight is 346 g/mol. The summed E-state index contributed by atoms with van der Waals surface area (Å²) in [5, 5.41) is 12.2. The molecule has 7 heteroatoms. The normalized spacial score (nSPS) is 16.9. The van der Waals surface area contributed by atoms with Crippen molar-refractivity contribution in [2.24, 2.45) is 5.92 Å². The number of carboxylic acid groups (broad SMARTS) is 1. The topological polar surface area (TPSA) is 88.5 Å². The lowest BCUT2D eigenvalue weighted by Gasteiger charge is -2.04. The number of aliphatic carboxylic acids is 1. The Morgan fingerprint density at radius 3 is 3.04 bits per heavy atom. The van der Waals surface area contributed by atoms with Crippen molar-refractivity contribution in [3.63, 3.8) is 0 Å². The fourth-order valence-corrected chi connectivity index (χ4v) is 3.58. The van der Waals surface area contributed by atoms with Gasteiger partial charge in [0.05, 0.1) is 6.42 Å². The average Bonchev–Trinajstić information content (AvgIpc) is 3.19. The molecular formula is C17H18N2O4S. The molecule has 1 amide bonds. The van der Waals surface area contributed by atoms with Crippen molar-refractivity contribution in [1.82, 2.24) is 4.98 Å². The van der Waals surface area contributed by atoms with Crippen LogP contribution in [-0.4, -0.2) is 35.2 Å². The van der Waals surface area contributed by atoms with Crippen LogP contribution in [0, 0.1) is 5.92 Å². The molecule has 1 fully saturated rings. The molecule has 1 unspecified atom stereocenters. The van der Waals surface area contributed by atoms with E-state index in [9.17, 15) is 9.59 Å². The van der Waals surface area contributed by atoms with Gasteiger partial charge in [0.25, 0.3) is 5.91 Å². The van der Waals surface area contributed by atoms with Gasteiger partial charge >= 0.3 is 5.97 Å². The molecule has 126 valence electrons. The second-order valence-electron chi connectivity index (χ2n) is 5.79. The van der Waals surface area contributed by atoms with Gasteiger partial charge in [-0.3, -0.25) is 14.9 Å². The first-order valence-corrected chi connectivity index (χ1v) is 8.56. The van der Waals surface area contributed by atoms with Crippen LogP contribution in [0.1, 0.15) is 27.2 Å². The first-order valence-electron chi connectivity index (χ1n) is 7.74. The number of thiazole rings is 1. The van der Waals surface area contributed by atoms with E-state index >= 15 is 0 Å². The Bertz CT molecular complexity index is 738. The summed E-state index contributed by atoms with van der Waals surface area (Å²) in [6.45, 7) is 1.61. The van der Waals surface area contributed by atoms with E-state index in [2.05, 4.69) is 10.3 Å². The summed E-state index contributed by atoms with van der Waals surface area (Å²) in [6.07, 6.45) is 3.67. The van der Waals surface area contributed by atoms with Gasteiger partial charge in [-0.2, -0.15) is 0 Å². The molecule has 0 saturated carbocycles. The highest BCUT2D eigenvalue weighted by Crippen LogP contribution is 2.25. The molecule has 2 heterocycles. The predicted octanol–water partition coefficient (Wildman–Crippen LogP) is 2.60. The summed E-state index contributed by atoms with van der Waals surface area (Å²) < 4.78 is 5.37. The number of carboxylic acids is 1. The Labute approximate surface area is 143 Å². The number of hydrogen-bond acceptors (Lipinski definition) is 5. The Kier molecular flexibility index (Phi) is 5.22. The molecule has 0 radical (unpaired) electrons. The number of benzene rings is 1. The van der Waals surface area contributed by atoms with Crippen LogP contribution in [0.5, 0.6) is 0 Å². The fourth-order valence-electron chi connectivity index (χ4n) is 2.65. The summed E-state index contributed by atoms with van der Waals surface area (Å²) in [5.74, 6) is -0.679. The van der Waals surface area contributed by atoms with Crippen LogP contribution in [-0.2, 0) is 22.4 Å². The van der Waals surface area contributed by atoms with Gasteiger partial charge in [0.15, 0.2) is 5.13 Å². The Morgan fingerprint density at radius 1 is 1.42 bits per heavy atom. The van der Waals surface area contributed by atoms with Crippen LogP contribution in [0.3, 0.4) is 0 Å². The highest BCUT2D eigenvalue weighted by atomic mass is 32.1. The SMILES string of the molecule is O=C(O)Cc1cccc(C(=O)Nc2ncc(CC3CCOC3)s2)c1. The standard InChI is InChI=1S/C17H18N2O4S/c20-15(21)8-11-2-1-3-13(6-11)16(22)19-17-18-9-14(24-17)7-12-4-5-23-10-12/h1-3,6,9,12H,4-5,7-8,10H2,(H,20,21)(H,18,19,22). The van der Waals surface area contributed by atoms with E-state index in [4.69, 9.17) is 9.84 Å². The lowest BCUT2D eigenvalue weighted by molar-refractivity contribution is -0.136. The molecule has 2 aromatic rings. The molecule has 1 aliphatic heterocycles. The van der Waals surface area contributed by atoms with E-state index in [1.165, 1.54) is 11.3 Å². The van der Waals surface area contributed by atoms with Crippen molar-refractivity contribution in [3.8, 4) is 0 Å². The third-order valence-corrected chi connectivity index (χ3v) is 4.77. The lowest BCUT2D eigenvalue weighted by atomic mass is 10.1. The van der Waals surface area contributed by atoms with Crippen molar-refractivity contribution >= 4 is 28.3 Å². The van der Waals surface area contributed by atoms with Crippen LogP contribution in [0.15, 0.2) is 30.5 Å². The second kappa shape index (κ2) is 7.55. The third-order valence-electron chi connectivity index (χ3n) is 3.83. The summed E-state index contributed by atoms with van der Waals surface area (Å²) in [7, 11) is 0. The number of amides is 1. The van der Waals surface area contributed by atoms with E-state index < -0.39 is 5.97 Å². The largest absolute Gasteiger partial charge is 0.481 e. The first-order chi connectivity index (χ1) is 11.6. The van der Waals surface area contributed by atoms with Gasteiger partial charge in [0.1, 0.15) is 0 Å². The molecule has 1 atom stereocenters. The third kappa shape index (κ3) is 4.39. The fraction of sp³-hybridized carbons (Fsp3) is 0.353. The molecule has 1 saturated heterocycles. The molecule has 24 heavy (non-hydrogen) atoms. The number of hydrogen-bond donors (Lipinski definition) is 2. The Balaban J connectivity index is 1.62. The Morgan fingerprint density at radius 2 is 2.29 bits per heavy atom. The molecule has 6 nitrogen and oxygen atoms in total. The predicted molar refractivity (Wildman–Crippen MR) is 90.5 cm³/mol. The van der Waals surface area contributed by atoms with Gasteiger partial charge in [0.2, 0.25) is 0 Å². The van der Waals surface area contributed by atoms with E-state index in [1.807, 2.05) is 0 Å². The number of carbonyl (C=O) groups excluding carboxylic acids is 1. The van der Waals surface area contributed by atoms with Crippen molar-refractivity contribution in [1.29, 1.82) is 0 Å². The molecule has 1 aromatic carbocycles. The quantitative estimate of drug-likeness (QED) is 0.839. The second-order valence-corrected chi connectivity index (χ2v) is 6.91. The maximum Gasteiger partial charge on any atom is 0.307 e. The molecule has 1 aromatic heterocycles. The van der Waals surface area contributed by atoms with Gasteiger partial charge in [0, 0.05) is 29.9 Å². The number of ether oxygens (including phenoxy) is 1. The van der Waals surface area contributed by atoms with Crippen molar-refractivity contribution < 1.29 is 19.4 Å². The van der Waals surface area contributed by atoms with E-state index in [1.54, 1.807) is 30.5 Å². The summed E-state index contributed by atoms with van der Waals surface area (Å²) >= 11 is 1.46. The molecule has 0 bridgehead atoms. The highest BCUT2D eigenvalue weighted by molar-refractivity contribution is 7.15. The molecule has 1 aliphatic rings. The van der Waals surface area contributed by atoms with Gasteiger partial charge in [-0.25, -0.2) is 4.98 Å². The zero-order chi connectivity index (χ0) is 16.9. The van der Waals surface area contributed by atoms with Gasteiger partial charge in [-0.05, 0) is 36.5 Å². The maximum absolute atomic E-state index is 12.3. The van der Waals surface area contributed by atoms with Crippen LogP contribution in [0.2, 0.25) is 0 Å². The van der Waals surface area contributed by atoms with E-state index in [0.29, 0.717) is 22.2 Å². The van der Waals surface area contributed by atoms with Gasteiger partial charge < -0.3 is 9.84 Å². The van der Waals surface area contributed by atoms with Crippen LogP contribution < -0.4 is 5.32 Å². The van der Waals surface area contributed by atoms with Crippen molar-refractivity contribution in [2.75, 3.05) is 18.5 Å². The minimum atomic E-state index is -0.923.